The van der Waals surface area contributed by atoms with E-state index >= 15 is 0 Å². The molecule has 22 heavy (non-hydrogen) atoms. The molecule has 120 valence electrons. The quantitative estimate of drug-likeness (QED) is 0.633. The van der Waals surface area contributed by atoms with Gasteiger partial charge in [-0.1, -0.05) is 30.3 Å². The first kappa shape index (κ1) is 16.6. The van der Waals surface area contributed by atoms with Gasteiger partial charge in [0.25, 0.3) is 0 Å². The van der Waals surface area contributed by atoms with Crippen LogP contribution in [0.1, 0.15) is 32.8 Å². The van der Waals surface area contributed by atoms with Gasteiger partial charge in [0.15, 0.2) is 0 Å². The van der Waals surface area contributed by atoms with E-state index in [-0.39, 0.29) is 12.1 Å². The number of benzene rings is 1. The van der Waals surface area contributed by atoms with Gasteiger partial charge < -0.3 is 14.4 Å². The molecule has 1 fully saturated rings. The third-order valence-electron chi connectivity index (χ3n) is 3.46. The lowest BCUT2D eigenvalue weighted by atomic mass is 10.2. The van der Waals surface area contributed by atoms with Crippen molar-refractivity contribution in [3.05, 3.63) is 47.7 Å². The fourth-order valence-corrected chi connectivity index (χ4v) is 2.43. The van der Waals surface area contributed by atoms with Crippen molar-refractivity contribution < 1.29 is 14.3 Å². The minimum Gasteiger partial charge on any atom is -0.457 e. The molecule has 0 radical (unpaired) electrons. The third kappa shape index (κ3) is 4.88. The molecule has 1 aromatic carbocycles. The van der Waals surface area contributed by atoms with Gasteiger partial charge in [-0.3, -0.25) is 0 Å². The molecule has 1 heterocycles. The smallest absolute Gasteiger partial charge is 0.333 e. The Balaban J connectivity index is 2.00. The van der Waals surface area contributed by atoms with Crippen molar-refractivity contribution >= 4 is 5.97 Å². The number of rotatable bonds is 4. The number of carbonyl (C=O) groups is 1. The number of carbonyl (C=O) groups excluding carboxylic acids is 1. The van der Waals surface area contributed by atoms with E-state index in [4.69, 9.17) is 9.47 Å². The molecule has 0 N–H and O–H groups in total. The summed E-state index contributed by atoms with van der Waals surface area (Å²) in [5, 5.41) is 0. The van der Waals surface area contributed by atoms with E-state index in [2.05, 4.69) is 4.90 Å². The van der Waals surface area contributed by atoms with Crippen LogP contribution in [0.2, 0.25) is 0 Å². The highest BCUT2D eigenvalue weighted by Crippen LogP contribution is 2.24. The van der Waals surface area contributed by atoms with Gasteiger partial charge in [-0.25, -0.2) is 4.79 Å². The average Bonchev–Trinajstić information content (AvgIpc) is 2.77. The van der Waals surface area contributed by atoms with Crippen molar-refractivity contribution in [3.8, 4) is 0 Å². The van der Waals surface area contributed by atoms with Crippen LogP contribution in [-0.2, 0) is 20.9 Å². The van der Waals surface area contributed by atoms with Gasteiger partial charge in [-0.2, -0.15) is 0 Å². The van der Waals surface area contributed by atoms with Gasteiger partial charge in [0.05, 0.1) is 12.7 Å². The summed E-state index contributed by atoms with van der Waals surface area (Å²) in [6.45, 7) is 7.03. The fraction of sp³-hybridized carbons (Fsp3) is 0.500. The molecule has 1 unspecified atom stereocenters. The molecule has 1 aromatic rings. The van der Waals surface area contributed by atoms with Crippen LogP contribution in [0.15, 0.2) is 42.1 Å². The zero-order valence-electron chi connectivity index (χ0n) is 13.8. The monoisotopic (exact) mass is 303 g/mol. The summed E-state index contributed by atoms with van der Waals surface area (Å²) >= 11 is 0. The minimum absolute atomic E-state index is 0.0577. The highest BCUT2D eigenvalue weighted by Gasteiger charge is 2.28. The zero-order chi connectivity index (χ0) is 16.2. The molecule has 0 saturated carbocycles. The number of esters is 1. The molecule has 2 rings (SSSR count). The van der Waals surface area contributed by atoms with Crippen molar-refractivity contribution in [3.63, 3.8) is 0 Å². The number of hydrogen-bond acceptors (Lipinski definition) is 4. The predicted molar refractivity (Wildman–Crippen MR) is 86.2 cm³/mol. The molecule has 0 aromatic heterocycles. The van der Waals surface area contributed by atoms with Gasteiger partial charge in [-0.15, -0.1) is 0 Å². The third-order valence-corrected chi connectivity index (χ3v) is 3.46. The fourth-order valence-electron chi connectivity index (χ4n) is 2.43. The van der Waals surface area contributed by atoms with Crippen molar-refractivity contribution in [2.75, 3.05) is 13.6 Å². The first-order chi connectivity index (χ1) is 10.3. The first-order valence-electron chi connectivity index (χ1n) is 7.66. The molecule has 0 spiro atoms. The van der Waals surface area contributed by atoms with Gasteiger partial charge >= 0.3 is 5.97 Å². The molecule has 1 atom stereocenters. The average molecular weight is 303 g/mol. The van der Waals surface area contributed by atoms with Crippen LogP contribution in [0.3, 0.4) is 0 Å². The Hall–Kier alpha value is -1.81. The van der Waals surface area contributed by atoms with Crippen LogP contribution in [-0.4, -0.2) is 36.2 Å². The van der Waals surface area contributed by atoms with Crippen molar-refractivity contribution in [2.24, 2.45) is 0 Å². The van der Waals surface area contributed by atoms with Crippen LogP contribution in [0.4, 0.5) is 0 Å². The SMILES string of the molecule is CN1CCC(OCc2ccccc2)/C1=C\C(=O)OC(C)(C)C. The Labute approximate surface area is 132 Å². The van der Waals surface area contributed by atoms with Gasteiger partial charge in [0, 0.05) is 25.4 Å². The molecule has 4 nitrogen and oxygen atoms in total. The molecule has 0 aliphatic carbocycles. The van der Waals surface area contributed by atoms with Crippen molar-refractivity contribution in [1.29, 1.82) is 0 Å². The van der Waals surface area contributed by atoms with Crippen LogP contribution in [0.5, 0.6) is 0 Å². The normalized spacial score (nSPS) is 20.5. The summed E-state index contributed by atoms with van der Waals surface area (Å²) in [7, 11) is 1.97. The van der Waals surface area contributed by atoms with E-state index in [1.165, 1.54) is 0 Å². The summed E-state index contributed by atoms with van der Waals surface area (Å²) in [5.41, 5.74) is 1.55. The minimum atomic E-state index is -0.480. The van der Waals surface area contributed by atoms with Crippen LogP contribution in [0, 0.1) is 0 Å². The lowest BCUT2D eigenvalue weighted by molar-refractivity contribution is -0.148. The summed E-state index contributed by atoms with van der Waals surface area (Å²) in [6.07, 6.45) is 2.39. The number of ether oxygens (including phenoxy) is 2. The number of nitrogens with zero attached hydrogens (tertiary/aromatic N) is 1. The highest BCUT2D eigenvalue weighted by molar-refractivity contribution is 5.83. The van der Waals surface area contributed by atoms with E-state index in [1.54, 1.807) is 6.08 Å². The first-order valence-corrected chi connectivity index (χ1v) is 7.66. The lowest BCUT2D eigenvalue weighted by Gasteiger charge is -2.21. The lowest BCUT2D eigenvalue weighted by Crippen LogP contribution is -2.25. The maximum atomic E-state index is 12.0. The maximum Gasteiger partial charge on any atom is 0.333 e. The molecular weight excluding hydrogens is 278 g/mol. The summed E-state index contributed by atoms with van der Waals surface area (Å²) < 4.78 is 11.3. The van der Waals surface area contributed by atoms with E-state index in [0.29, 0.717) is 6.61 Å². The Bertz CT molecular complexity index is 531. The highest BCUT2D eigenvalue weighted by atomic mass is 16.6. The largest absolute Gasteiger partial charge is 0.457 e. The van der Waals surface area contributed by atoms with E-state index < -0.39 is 5.60 Å². The summed E-state index contributed by atoms with van der Waals surface area (Å²) in [4.78, 5) is 14.1. The molecule has 0 amide bonds. The second-order valence-electron chi connectivity index (χ2n) is 6.60. The zero-order valence-corrected chi connectivity index (χ0v) is 13.8. The Kier molecular flexibility index (Phi) is 5.24. The van der Waals surface area contributed by atoms with Gasteiger partial charge in [0.1, 0.15) is 5.60 Å². The van der Waals surface area contributed by atoms with Crippen molar-refractivity contribution in [1.82, 2.24) is 4.90 Å². The van der Waals surface area contributed by atoms with E-state index in [1.807, 2.05) is 58.2 Å². The van der Waals surface area contributed by atoms with E-state index in [0.717, 1.165) is 24.2 Å². The second kappa shape index (κ2) is 6.97. The summed E-state index contributed by atoms with van der Waals surface area (Å²) in [5.74, 6) is -0.315. The standard InChI is InChI=1S/C18H25NO3/c1-18(2,3)22-17(20)12-15-16(10-11-19(15)4)21-13-14-8-6-5-7-9-14/h5-9,12,16H,10-11,13H2,1-4H3/b15-12+. The molecular formula is C18H25NO3. The predicted octanol–water partition coefficient (Wildman–Crippen LogP) is 3.13. The van der Waals surface area contributed by atoms with Crippen LogP contribution < -0.4 is 0 Å². The Morgan fingerprint density at radius 3 is 2.64 bits per heavy atom. The Morgan fingerprint density at radius 2 is 2.00 bits per heavy atom. The molecule has 0 bridgehead atoms. The number of hydrogen-bond donors (Lipinski definition) is 0. The Morgan fingerprint density at radius 1 is 1.32 bits per heavy atom. The molecule has 4 heteroatoms. The van der Waals surface area contributed by atoms with Crippen molar-refractivity contribution in [2.45, 2.75) is 45.5 Å². The molecule has 1 aliphatic rings. The van der Waals surface area contributed by atoms with Crippen LogP contribution in [0.25, 0.3) is 0 Å². The summed E-state index contributed by atoms with van der Waals surface area (Å²) in [6, 6.07) is 10.1. The van der Waals surface area contributed by atoms with Gasteiger partial charge in [0.2, 0.25) is 0 Å². The number of likely N-dealkylation sites (N-methyl/N-ethyl adjacent to an activating group) is 1. The van der Waals surface area contributed by atoms with E-state index in [9.17, 15) is 4.79 Å². The molecule has 1 aliphatic heterocycles. The maximum absolute atomic E-state index is 12.0. The topological polar surface area (TPSA) is 38.8 Å². The van der Waals surface area contributed by atoms with Gasteiger partial charge in [-0.05, 0) is 32.8 Å². The molecule has 1 saturated heterocycles. The van der Waals surface area contributed by atoms with Crippen LogP contribution >= 0.6 is 0 Å². The number of likely N-dealkylation sites (tertiary alicyclic amines) is 1. The second-order valence-corrected chi connectivity index (χ2v) is 6.60.